The van der Waals surface area contributed by atoms with Crippen LogP contribution in [0.25, 0.3) is 0 Å². The lowest BCUT2D eigenvalue weighted by atomic mass is 9.53. The fourth-order valence-electron chi connectivity index (χ4n) is 5.29. The van der Waals surface area contributed by atoms with E-state index in [1.807, 2.05) is 0 Å². The van der Waals surface area contributed by atoms with Gasteiger partial charge in [-0.05, 0) is 18.7 Å². The summed E-state index contributed by atoms with van der Waals surface area (Å²) in [5.41, 5.74) is -0.815. The van der Waals surface area contributed by atoms with E-state index >= 15 is 0 Å². The van der Waals surface area contributed by atoms with Crippen LogP contribution >= 0.6 is 0 Å². The molecule has 3 fully saturated rings. The van der Waals surface area contributed by atoms with Crippen molar-refractivity contribution in [2.45, 2.75) is 77.5 Å². The molecule has 0 spiro atoms. The SMILES string of the molecule is CC(C)(C)C12OOC1(C1CCCC(B(O)O)C1)OCC2(C)C. The number of rotatable bonds is 2. The molecule has 0 bridgehead atoms. The van der Waals surface area contributed by atoms with Gasteiger partial charge >= 0.3 is 7.12 Å². The molecular weight excluding hydrogens is 283 g/mol. The minimum absolute atomic E-state index is 0.109. The first-order valence-electron chi connectivity index (χ1n) is 8.44. The number of hydrogen-bond donors (Lipinski definition) is 2. The smallest absolute Gasteiger partial charge is 0.427 e. The van der Waals surface area contributed by atoms with Gasteiger partial charge in [-0.3, -0.25) is 0 Å². The van der Waals surface area contributed by atoms with Crippen LogP contribution in [-0.4, -0.2) is 35.2 Å². The summed E-state index contributed by atoms with van der Waals surface area (Å²) in [7, 11) is -1.27. The highest BCUT2D eigenvalue weighted by Crippen LogP contribution is 2.69. The molecule has 0 radical (unpaired) electrons. The van der Waals surface area contributed by atoms with Crippen molar-refractivity contribution < 1.29 is 24.6 Å². The topological polar surface area (TPSA) is 68.2 Å². The molecule has 0 aromatic heterocycles. The standard InChI is InChI=1S/C16H29BO5/c1-13(2,3)16-14(4,5)10-20-15(16,21-22-16)11-7-6-8-12(9-11)17(18)19/h11-12,18-19H,6-10H2,1-5H3. The maximum absolute atomic E-state index is 9.58. The molecule has 2 aliphatic heterocycles. The molecule has 0 aromatic carbocycles. The lowest BCUT2D eigenvalue weighted by Crippen LogP contribution is -2.77. The van der Waals surface area contributed by atoms with Crippen LogP contribution < -0.4 is 0 Å². The van der Waals surface area contributed by atoms with E-state index in [0.29, 0.717) is 13.0 Å². The Labute approximate surface area is 133 Å². The Balaban J connectivity index is 1.95. The van der Waals surface area contributed by atoms with Gasteiger partial charge < -0.3 is 14.8 Å². The van der Waals surface area contributed by atoms with Gasteiger partial charge in [-0.1, -0.05) is 47.5 Å². The minimum atomic E-state index is -1.27. The van der Waals surface area contributed by atoms with Gasteiger partial charge in [0.15, 0.2) is 5.60 Å². The Kier molecular flexibility index (Phi) is 3.75. The molecule has 4 atom stereocenters. The Bertz CT molecular complexity index is 446. The third kappa shape index (κ3) is 1.91. The quantitative estimate of drug-likeness (QED) is 0.606. The van der Waals surface area contributed by atoms with Gasteiger partial charge in [-0.2, -0.15) is 4.89 Å². The van der Waals surface area contributed by atoms with Gasteiger partial charge in [-0.15, -0.1) is 0 Å². The summed E-state index contributed by atoms with van der Waals surface area (Å²) < 4.78 is 6.24. The lowest BCUT2D eigenvalue weighted by Gasteiger charge is -2.63. The molecule has 2 saturated heterocycles. The van der Waals surface area contributed by atoms with Crippen LogP contribution in [0.3, 0.4) is 0 Å². The van der Waals surface area contributed by atoms with Crippen molar-refractivity contribution in [2.75, 3.05) is 6.61 Å². The highest BCUT2D eigenvalue weighted by molar-refractivity contribution is 6.43. The summed E-state index contributed by atoms with van der Waals surface area (Å²) in [4.78, 5) is 11.5. The summed E-state index contributed by atoms with van der Waals surface area (Å²) in [5.74, 6) is -0.743. The van der Waals surface area contributed by atoms with Gasteiger partial charge in [0, 0.05) is 16.7 Å². The maximum Gasteiger partial charge on any atom is 0.454 e. The van der Waals surface area contributed by atoms with Crippen LogP contribution in [0.15, 0.2) is 0 Å². The molecule has 22 heavy (non-hydrogen) atoms. The van der Waals surface area contributed by atoms with Crippen molar-refractivity contribution in [2.24, 2.45) is 16.7 Å². The molecule has 3 aliphatic rings. The summed E-state index contributed by atoms with van der Waals surface area (Å²) in [6.07, 6.45) is 3.48. The summed E-state index contributed by atoms with van der Waals surface area (Å²) in [5, 5.41) is 19.2. The normalized spacial score (nSPS) is 44.3. The first-order chi connectivity index (χ1) is 10.1. The maximum atomic E-state index is 9.58. The van der Waals surface area contributed by atoms with E-state index in [0.717, 1.165) is 19.3 Å². The van der Waals surface area contributed by atoms with Crippen LogP contribution in [0.4, 0.5) is 0 Å². The number of hydrogen-bond acceptors (Lipinski definition) is 5. The molecule has 1 aliphatic carbocycles. The van der Waals surface area contributed by atoms with Crippen molar-refractivity contribution >= 4 is 7.12 Å². The molecule has 2 N–H and O–H groups in total. The predicted octanol–water partition coefficient (Wildman–Crippen LogP) is 2.52. The highest BCUT2D eigenvalue weighted by atomic mass is 17.3. The van der Waals surface area contributed by atoms with E-state index in [9.17, 15) is 10.0 Å². The van der Waals surface area contributed by atoms with Gasteiger partial charge in [-0.25, -0.2) is 4.89 Å². The van der Waals surface area contributed by atoms with Crippen molar-refractivity contribution in [3.05, 3.63) is 0 Å². The largest absolute Gasteiger partial charge is 0.454 e. The molecule has 126 valence electrons. The zero-order chi connectivity index (χ0) is 16.4. The average molecular weight is 312 g/mol. The molecule has 2 heterocycles. The third-order valence-electron chi connectivity index (χ3n) is 6.11. The lowest BCUT2D eigenvalue weighted by molar-refractivity contribution is -0.628. The van der Waals surface area contributed by atoms with E-state index in [-0.39, 0.29) is 22.6 Å². The zero-order valence-electron chi connectivity index (χ0n) is 14.4. The summed E-state index contributed by atoms with van der Waals surface area (Å²) in [6, 6.07) is 0. The fraction of sp³-hybridized carbons (Fsp3) is 1.00. The van der Waals surface area contributed by atoms with E-state index in [1.165, 1.54) is 0 Å². The van der Waals surface area contributed by atoms with E-state index in [1.54, 1.807) is 0 Å². The second kappa shape index (κ2) is 4.93. The van der Waals surface area contributed by atoms with Crippen molar-refractivity contribution in [1.29, 1.82) is 0 Å². The molecule has 1 saturated carbocycles. The highest BCUT2D eigenvalue weighted by Gasteiger charge is 2.82. The average Bonchev–Trinajstić information content (AvgIpc) is 2.52. The van der Waals surface area contributed by atoms with Crippen LogP contribution in [0, 0.1) is 16.7 Å². The first kappa shape index (κ1) is 16.7. The molecule has 0 amide bonds. The second-order valence-corrected chi connectivity index (χ2v) is 8.98. The molecule has 6 heteroatoms. The van der Waals surface area contributed by atoms with Crippen molar-refractivity contribution in [3.63, 3.8) is 0 Å². The van der Waals surface area contributed by atoms with Crippen molar-refractivity contribution in [1.82, 2.24) is 0 Å². The van der Waals surface area contributed by atoms with Crippen LogP contribution in [0.2, 0.25) is 5.82 Å². The van der Waals surface area contributed by atoms with Gasteiger partial charge in [0.2, 0.25) is 5.79 Å². The molecule has 5 nitrogen and oxygen atoms in total. The van der Waals surface area contributed by atoms with Gasteiger partial charge in [0.25, 0.3) is 0 Å². The summed E-state index contributed by atoms with van der Waals surface area (Å²) >= 11 is 0. The molecular formula is C16H29BO5. The zero-order valence-corrected chi connectivity index (χ0v) is 14.4. The minimum Gasteiger partial charge on any atom is -0.427 e. The van der Waals surface area contributed by atoms with Gasteiger partial charge in [0.1, 0.15) is 0 Å². The Hall–Kier alpha value is -0.135. The van der Waals surface area contributed by atoms with E-state index in [4.69, 9.17) is 14.5 Å². The fourth-order valence-corrected chi connectivity index (χ4v) is 5.29. The van der Waals surface area contributed by atoms with Crippen LogP contribution in [0.1, 0.15) is 60.3 Å². The molecule has 4 unspecified atom stereocenters. The van der Waals surface area contributed by atoms with Crippen LogP contribution in [0.5, 0.6) is 0 Å². The number of ether oxygens (including phenoxy) is 1. The first-order valence-corrected chi connectivity index (χ1v) is 8.44. The monoisotopic (exact) mass is 312 g/mol. The van der Waals surface area contributed by atoms with Gasteiger partial charge in [0.05, 0.1) is 6.61 Å². The second-order valence-electron chi connectivity index (χ2n) is 8.98. The summed E-state index contributed by atoms with van der Waals surface area (Å²) in [6.45, 7) is 11.4. The third-order valence-corrected chi connectivity index (χ3v) is 6.11. The van der Waals surface area contributed by atoms with Crippen molar-refractivity contribution in [3.8, 4) is 0 Å². The van der Waals surface area contributed by atoms with Crippen LogP contribution in [-0.2, 0) is 14.5 Å². The predicted molar refractivity (Wildman–Crippen MR) is 82.7 cm³/mol. The molecule has 0 aromatic rings. The molecule has 3 rings (SSSR count). The Morgan fingerprint density at radius 3 is 2.27 bits per heavy atom. The Morgan fingerprint density at radius 2 is 1.77 bits per heavy atom. The van der Waals surface area contributed by atoms with E-state index in [2.05, 4.69) is 34.6 Å². The Morgan fingerprint density at radius 1 is 1.09 bits per heavy atom. The van der Waals surface area contributed by atoms with E-state index < -0.39 is 18.5 Å². The number of fused-ring (bicyclic) bond motifs is 1.